The zero-order valence-corrected chi connectivity index (χ0v) is 40.6. The Kier molecular flexibility index (Phi) is 16.4. The van der Waals surface area contributed by atoms with Crippen LogP contribution in [-0.4, -0.2) is 115 Å². The number of ether oxygens (including phenoxy) is 2. The summed E-state index contributed by atoms with van der Waals surface area (Å²) in [7, 11) is 2.97. The number of rotatable bonds is 21. The van der Waals surface area contributed by atoms with Crippen LogP contribution in [0, 0.1) is 0 Å². The summed E-state index contributed by atoms with van der Waals surface area (Å²) in [6, 6.07) is 16.0. The highest BCUT2D eigenvalue weighted by atomic mass is 35.5. The van der Waals surface area contributed by atoms with E-state index in [2.05, 4.69) is 56.6 Å². The van der Waals surface area contributed by atoms with E-state index in [-0.39, 0.29) is 62.8 Å². The van der Waals surface area contributed by atoms with E-state index >= 15 is 0 Å². The van der Waals surface area contributed by atoms with Crippen LogP contribution in [0.1, 0.15) is 64.2 Å². The number of amides is 3. The van der Waals surface area contributed by atoms with Gasteiger partial charge in [0.1, 0.15) is 28.9 Å². The molecule has 1 aliphatic heterocycles. The normalized spacial score (nSPS) is 13.6. The molecule has 6 heterocycles. The predicted octanol–water partition coefficient (Wildman–Crippen LogP) is 6.18. The average molecular weight is 1020 g/mol. The van der Waals surface area contributed by atoms with Gasteiger partial charge in [-0.2, -0.15) is 19.5 Å². The third-order valence-corrected chi connectivity index (χ3v) is 12.4. The highest BCUT2D eigenvalue weighted by Gasteiger charge is 2.29. The van der Waals surface area contributed by atoms with Crippen LogP contribution in [0.25, 0.3) is 28.5 Å². The quantitative estimate of drug-likeness (QED) is 0.0395. The first-order chi connectivity index (χ1) is 34.9. The number of halogens is 2. The number of pyridine rings is 2. The number of anilines is 4. The van der Waals surface area contributed by atoms with Crippen molar-refractivity contribution in [3.63, 3.8) is 0 Å². The van der Waals surface area contributed by atoms with Gasteiger partial charge in [0.15, 0.2) is 5.76 Å². The average Bonchev–Trinajstić information content (AvgIpc) is 4.09. The summed E-state index contributed by atoms with van der Waals surface area (Å²) in [4.78, 5) is 74.9. The summed E-state index contributed by atoms with van der Waals surface area (Å²) in [6.07, 6.45) is 7.64. The molecule has 374 valence electrons. The van der Waals surface area contributed by atoms with E-state index in [9.17, 15) is 24.3 Å². The minimum Gasteiger partial charge on any atom is -0.496 e. The molecule has 0 aliphatic carbocycles. The lowest BCUT2D eigenvalue weighted by Crippen LogP contribution is -2.44. The van der Waals surface area contributed by atoms with Crippen LogP contribution in [0.3, 0.4) is 0 Å². The van der Waals surface area contributed by atoms with Crippen molar-refractivity contribution in [2.24, 2.45) is 0 Å². The number of carbonyl (C=O) groups excluding carboxylic acids is 3. The maximum absolute atomic E-state index is 13.5. The molecule has 8 N–H and O–H groups in total. The molecule has 24 heteroatoms. The first-order valence-electron chi connectivity index (χ1n) is 22.8. The fourth-order valence-electron chi connectivity index (χ4n) is 7.98. The number of aromatic nitrogens is 7. The third-order valence-electron chi connectivity index (χ3n) is 11.6. The number of hydrogen-bond donors (Lipinski definition) is 7. The molecule has 1 saturated heterocycles. The lowest BCUT2D eigenvalue weighted by atomic mass is 10.0. The van der Waals surface area contributed by atoms with Crippen molar-refractivity contribution in [3.8, 4) is 34.2 Å². The van der Waals surface area contributed by atoms with Crippen molar-refractivity contribution in [2.75, 3.05) is 62.1 Å². The Balaban J connectivity index is 0.803. The van der Waals surface area contributed by atoms with Crippen LogP contribution >= 0.6 is 23.2 Å². The smallest absolute Gasteiger partial charge is 0.320 e. The molecule has 1 aliphatic rings. The van der Waals surface area contributed by atoms with Crippen LogP contribution in [0.5, 0.6) is 11.5 Å². The van der Waals surface area contributed by atoms with Crippen molar-refractivity contribution in [1.82, 2.24) is 50.1 Å². The van der Waals surface area contributed by atoms with Crippen molar-refractivity contribution in [1.29, 1.82) is 0 Å². The SMILES string of the molecule is COc1cc(C(=O)Nc2cccc(-c3cccc(NC(=O)c4cc(OC)c(CN5CCCC[C@H]5C(=O)O)cn4)c3Cl)c2Cl)ncc1CNCCNC(=O)CCCNc1nc(N)n2nc(-c3ccco3)nc2n1. The first-order valence-corrected chi connectivity index (χ1v) is 23.5. The first kappa shape index (κ1) is 50.5. The van der Waals surface area contributed by atoms with E-state index < -0.39 is 23.8 Å². The molecule has 3 amide bonds. The van der Waals surface area contributed by atoms with Gasteiger partial charge < -0.3 is 51.3 Å². The summed E-state index contributed by atoms with van der Waals surface area (Å²) >= 11 is 13.8. The Morgan fingerprint density at radius 3 is 2.14 bits per heavy atom. The number of carboxylic acid groups (broad SMARTS) is 1. The monoisotopic (exact) mass is 1020 g/mol. The molecule has 0 radical (unpaired) electrons. The minimum absolute atomic E-state index is 0.0615. The second-order valence-electron chi connectivity index (χ2n) is 16.4. The number of nitrogens with two attached hydrogens (primary N) is 1. The summed E-state index contributed by atoms with van der Waals surface area (Å²) in [5, 5.41) is 29.2. The van der Waals surface area contributed by atoms with E-state index in [0.717, 1.165) is 12.8 Å². The van der Waals surface area contributed by atoms with E-state index in [4.69, 9.17) is 42.8 Å². The molecular weight excluding hydrogens is 972 g/mol. The van der Waals surface area contributed by atoms with Crippen molar-refractivity contribution < 1.29 is 38.2 Å². The molecule has 0 saturated carbocycles. The highest BCUT2D eigenvalue weighted by molar-refractivity contribution is 6.40. The van der Waals surface area contributed by atoms with Gasteiger partial charge in [-0.15, -0.1) is 5.10 Å². The van der Waals surface area contributed by atoms with E-state index in [1.54, 1.807) is 48.5 Å². The fourth-order valence-corrected chi connectivity index (χ4v) is 8.53. The molecule has 72 heavy (non-hydrogen) atoms. The van der Waals surface area contributed by atoms with E-state index in [0.29, 0.717) is 97.4 Å². The maximum Gasteiger partial charge on any atom is 0.320 e. The Morgan fingerprint density at radius 1 is 0.833 bits per heavy atom. The van der Waals surface area contributed by atoms with Crippen LogP contribution in [-0.2, 0) is 22.7 Å². The van der Waals surface area contributed by atoms with Gasteiger partial charge in [-0.05, 0) is 50.1 Å². The lowest BCUT2D eigenvalue weighted by molar-refractivity contribution is -0.144. The molecule has 5 aromatic heterocycles. The van der Waals surface area contributed by atoms with Gasteiger partial charge in [0.2, 0.25) is 23.6 Å². The Labute approximate surface area is 422 Å². The van der Waals surface area contributed by atoms with Gasteiger partial charge >= 0.3 is 5.97 Å². The van der Waals surface area contributed by atoms with Crippen LogP contribution in [0.2, 0.25) is 10.0 Å². The lowest BCUT2D eigenvalue weighted by Gasteiger charge is -2.33. The number of nitrogen functional groups attached to an aromatic ring is 1. The fraction of sp³-hybridized carbons (Fsp3) is 0.292. The molecule has 1 fully saturated rings. The van der Waals surface area contributed by atoms with Gasteiger partial charge in [0.25, 0.3) is 17.6 Å². The Morgan fingerprint density at radius 2 is 1.50 bits per heavy atom. The largest absolute Gasteiger partial charge is 0.496 e. The summed E-state index contributed by atoms with van der Waals surface area (Å²) in [5.41, 5.74) is 9.06. The van der Waals surface area contributed by atoms with Crippen molar-refractivity contribution in [3.05, 3.63) is 112 Å². The molecule has 8 rings (SSSR count). The summed E-state index contributed by atoms with van der Waals surface area (Å²) in [5.74, 6) is 0.139. The number of piperidine rings is 1. The Bertz CT molecular complexity index is 3100. The molecular formula is C48H50Cl2N14O8. The number of nitrogens with zero attached hydrogens (tertiary/aromatic N) is 8. The number of likely N-dealkylation sites (tertiary alicyclic amines) is 1. The third kappa shape index (κ3) is 12.0. The number of benzene rings is 2. The summed E-state index contributed by atoms with van der Waals surface area (Å²) in [6.45, 7) is 2.52. The predicted molar refractivity (Wildman–Crippen MR) is 268 cm³/mol. The molecule has 0 bridgehead atoms. The summed E-state index contributed by atoms with van der Waals surface area (Å²) < 4.78 is 17.8. The highest BCUT2D eigenvalue weighted by Crippen LogP contribution is 2.40. The van der Waals surface area contributed by atoms with Gasteiger partial charge in [-0.1, -0.05) is 53.9 Å². The number of hydrogen-bond acceptors (Lipinski definition) is 17. The number of fused-ring (bicyclic) bond motifs is 1. The zero-order valence-electron chi connectivity index (χ0n) is 39.1. The van der Waals surface area contributed by atoms with Gasteiger partial charge in [-0.25, -0.2) is 0 Å². The topological polar surface area (TPSA) is 291 Å². The number of aliphatic carboxylic acids is 1. The van der Waals surface area contributed by atoms with E-state index in [1.807, 2.05) is 4.90 Å². The number of furan rings is 1. The van der Waals surface area contributed by atoms with Gasteiger partial charge in [0.05, 0.1) is 41.9 Å². The molecule has 0 unspecified atom stereocenters. The van der Waals surface area contributed by atoms with Crippen LogP contribution < -0.4 is 41.8 Å². The molecule has 22 nitrogen and oxygen atoms in total. The second kappa shape index (κ2) is 23.3. The Hall–Kier alpha value is -7.92. The van der Waals surface area contributed by atoms with Crippen molar-refractivity contribution >= 4 is 75.9 Å². The second-order valence-corrected chi connectivity index (χ2v) is 17.2. The molecule has 1 atom stereocenters. The van der Waals surface area contributed by atoms with Crippen molar-refractivity contribution in [2.45, 2.75) is 51.2 Å². The number of carbonyl (C=O) groups is 4. The molecule has 0 spiro atoms. The van der Waals surface area contributed by atoms with E-state index in [1.165, 1.54) is 49.5 Å². The van der Waals surface area contributed by atoms with Gasteiger partial charge in [-0.3, -0.25) is 34.0 Å². The van der Waals surface area contributed by atoms with Crippen LogP contribution in [0.15, 0.2) is 83.7 Å². The number of nitrogens with one attached hydrogen (secondary N) is 5. The molecule has 2 aromatic carbocycles. The van der Waals surface area contributed by atoms with Gasteiger partial charge in [0, 0.05) is 85.9 Å². The number of carboxylic acids is 1. The number of methoxy groups -OCH3 is 2. The minimum atomic E-state index is -0.872. The maximum atomic E-state index is 13.5. The zero-order chi connectivity index (χ0) is 50.7. The molecule has 7 aromatic rings. The standard InChI is InChI=1S/C48H50Cl2N14O8/c1-70-37-21-33(55-24-27(37)23-52-17-18-53-39(65)15-7-16-54-47-60-46(51)64-48(61-47)59-42(62-64)36-14-8-20-72-36)43(66)57-31-11-5-9-29(40(31)49)30-10-6-12-32(41(30)50)58-44(67)34-22-38(71-2)28(25-56-34)26-63-19-4-3-13-35(63)45(68)69/h5-6,8-12,14,20-22,24-25,35,52H,3-4,7,13,15-19,23,26H2,1-2H3,(H,53,65)(H,57,66)(H,58,67)(H,68,69)(H3,51,54,59,60,61,62)/t35-/m0/s1. The van der Waals surface area contributed by atoms with Crippen LogP contribution in [0.4, 0.5) is 23.3 Å².